The molecule has 0 spiro atoms. The monoisotopic (exact) mass is 477 g/mol. The fourth-order valence-corrected chi connectivity index (χ4v) is 6.03. The van der Waals surface area contributed by atoms with Crippen molar-refractivity contribution in [3.05, 3.63) is 76.2 Å². The lowest BCUT2D eigenvalue weighted by molar-refractivity contribution is -0.116. The van der Waals surface area contributed by atoms with Gasteiger partial charge in [-0.3, -0.25) is 9.69 Å². The number of nitrogens with one attached hydrogen (secondary N) is 1. The highest BCUT2D eigenvalue weighted by molar-refractivity contribution is 7.99. The largest absolute Gasteiger partial charge is 0.497 e. The number of fused-ring (bicyclic) bond motifs is 1. The minimum absolute atomic E-state index is 0.0263. The van der Waals surface area contributed by atoms with Crippen LogP contribution in [0.1, 0.15) is 34.4 Å². The maximum absolute atomic E-state index is 12.5. The third-order valence-corrected chi connectivity index (χ3v) is 7.86. The standard InChI is InChI=1S/C26H27N3O2S2/c1-31-20-9-11-21(12-10-20)32-15-5-8-25(30)28-26-23(16-27)22-13-14-29(18-24(22)33-26)17-19-6-3-2-4-7-19/h2-4,6-7,9-12H,5,8,13-15,17-18H2,1H3,(H,28,30). The van der Waals surface area contributed by atoms with Gasteiger partial charge in [0.15, 0.2) is 0 Å². The molecule has 0 fully saturated rings. The second-order valence-electron chi connectivity index (χ2n) is 7.94. The summed E-state index contributed by atoms with van der Waals surface area (Å²) < 4.78 is 5.18. The van der Waals surface area contributed by atoms with Crippen LogP contribution in [-0.4, -0.2) is 30.2 Å². The van der Waals surface area contributed by atoms with E-state index in [1.54, 1.807) is 30.2 Å². The number of rotatable bonds is 9. The summed E-state index contributed by atoms with van der Waals surface area (Å²) in [5, 5.41) is 13.4. The van der Waals surface area contributed by atoms with Gasteiger partial charge in [0.1, 0.15) is 16.8 Å². The lowest BCUT2D eigenvalue weighted by Gasteiger charge is -2.26. The lowest BCUT2D eigenvalue weighted by Crippen LogP contribution is -2.29. The Labute approximate surface area is 203 Å². The molecule has 4 rings (SSSR count). The van der Waals surface area contributed by atoms with Gasteiger partial charge in [0, 0.05) is 35.8 Å². The molecule has 5 nitrogen and oxygen atoms in total. The fraction of sp³-hybridized carbons (Fsp3) is 0.308. The van der Waals surface area contributed by atoms with Crippen molar-refractivity contribution in [2.75, 3.05) is 24.7 Å². The van der Waals surface area contributed by atoms with Gasteiger partial charge < -0.3 is 10.1 Å². The maximum Gasteiger partial charge on any atom is 0.225 e. The van der Waals surface area contributed by atoms with E-state index in [1.165, 1.54) is 10.4 Å². The molecule has 1 aromatic heterocycles. The summed E-state index contributed by atoms with van der Waals surface area (Å²) in [6, 6.07) is 20.7. The minimum atomic E-state index is -0.0263. The Morgan fingerprint density at radius 2 is 2.00 bits per heavy atom. The highest BCUT2D eigenvalue weighted by Crippen LogP contribution is 2.37. The van der Waals surface area contributed by atoms with Gasteiger partial charge in [-0.2, -0.15) is 5.26 Å². The number of ether oxygens (including phenoxy) is 1. The quantitative estimate of drug-likeness (QED) is 0.316. The predicted molar refractivity (Wildman–Crippen MR) is 135 cm³/mol. The van der Waals surface area contributed by atoms with Crippen LogP contribution in [0.5, 0.6) is 5.75 Å². The second kappa shape index (κ2) is 11.4. The average molecular weight is 478 g/mol. The van der Waals surface area contributed by atoms with E-state index in [1.807, 2.05) is 30.3 Å². The molecular weight excluding hydrogens is 450 g/mol. The third-order valence-electron chi connectivity index (χ3n) is 5.63. The number of hydrogen-bond acceptors (Lipinski definition) is 6. The highest BCUT2D eigenvalue weighted by Gasteiger charge is 2.25. The molecule has 1 aliphatic rings. The van der Waals surface area contributed by atoms with Crippen LogP contribution in [0.3, 0.4) is 0 Å². The van der Waals surface area contributed by atoms with Crippen LogP contribution in [0.15, 0.2) is 59.5 Å². The van der Waals surface area contributed by atoms with Gasteiger partial charge in [0.25, 0.3) is 0 Å². The summed E-state index contributed by atoms with van der Waals surface area (Å²) in [5.74, 6) is 1.68. The van der Waals surface area contributed by atoms with E-state index in [0.717, 1.165) is 54.4 Å². The van der Waals surface area contributed by atoms with Gasteiger partial charge in [-0.1, -0.05) is 30.3 Å². The van der Waals surface area contributed by atoms with Crippen molar-refractivity contribution in [2.45, 2.75) is 37.2 Å². The molecule has 0 saturated carbocycles. The molecule has 2 aromatic carbocycles. The number of hydrogen-bond donors (Lipinski definition) is 1. The Hall–Kier alpha value is -2.79. The first-order chi connectivity index (χ1) is 16.2. The molecule has 170 valence electrons. The van der Waals surface area contributed by atoms with Crippen LogP contribution in [-0.2, 0) is 24.3 Å². The number of benzene rings is 2. The Morgan fingerprint density at radius 3 is 2.73 bits per heavy atom. The summed E-state index contributed by atoms with van der Waals surface area (Å²) in [5.41, 5.74) is 3.05. The van der Waals surface area contributed by atoms with Crippen molar-refractivity contribution in [2.24, 2.45) is 0 Å². The summed E-state index contributed by atoms with van der Waals surface area (Å²) >= 11 is 3.28. The first kappa shape index (κ1) is 23.4. The molecule has 0 aliphatic carbocycles. The molecule has 0 saturated heterocycles. The van der Waals surface area contributed by atoms with E-state index >= 15 is 0 Å². The maximum atomic E-state index is 12.5. The SMILES string of the molecule is COc1ccc(SCCCC(=O)Nc2sc3c(c2C#N)CCN(Cc2ccccc2)C3)cc1. The van der Waals surface area contributed by atoms with E-state index in [2.05, 4.69) is 40.6 Å². The molecule has 3 aromatic rings. The third kappa shape index (κ3) is 6.17. The average Bonchev–Trinajstić information content (AvgIpc) is 3.18. The molecule has 0 radical (unpaired) electrons. The number of carbonyl (C=O) groups excluding carboxylic acids is 1. The van der Waals surface area contributed by atoms with Crippen molar-refractivity contribution < 1.29 is 9.53 Å². The van der Waals surface area contributed by atoms with E-state index in [4.69, 9.17) is 4.74 Å². The number of carbonyl (C=O) groups is 1. The molecule has 1 amide bonds. The van der Waals surface area contributed by atoms with Crippen molar-refractivity contribution in [3.8, 4) is 11.8 Å². The van der Waals surface area contributed by atoms with Gasteiger partial charge in [0.05, 0.1) is 12.7 Å². The summed E-state index contributed by atoms with van der Waals surface area (Å²) in [7, 11) is 1.66. The second-order valence-corrected chi connectivity index (χ2v) is 10.2. The first-order valence-electron chi connectivity index (χ1n) is 11.0. The van der Waals surface area contributed by atoms with Gasteiger partial charge in [0.2, 0.25) is 5.91 Å². The van der Waals surface area contributed by atoms with Crippen molar-refractivity contribution >= 4 is 34.0 Å². The van der Waals surface area contributed by atoms with Crippen molar-refractivity contribution in [3.63, 3.8) is 0 Å². The fourth-order valence-electron chi connectivity index (χ4n) is 3.92. The van der Waals surface area contributed by atoms with E-state index in [9.17, 15) is 10.1 Å². The van der Waals surface area contributed by atoms with E-state index in [-0.39, 0.29) is 5.91 Å². The smallest absolute Gasteiger partial charge is 0.225 e. The first-order valence-corrected chi connectivity index (χ1v) is 12.8. The van der Waals surface area contributed by atoms with Crippen molar-refractivity contribution in [1.29, 1.82) is 5.26 Å². The van der Waals surface area contributed by atoms with Crippen LogP contribution in [0.4, 0.5) is 5.00 Å². The zero-order valence-corrected chi connectivity index (χ0v) is 20.3. The number of amides is 1. The zero-order chi connectivity index (χ0) is 23.0. The molecular formula is C26H27N3O2S2. The molecule has 1 N–H and O–H groups in total. The van der Waals surface area contributed by atoms with Crippen LogP contribution in [0.25, 0.3) is 0 Å². The van der Waals surface area contributed by atoms with E-state index in [0.29, 0.717) is 17.0 Å². The molecule has 0 unspecified atom stereocenters. The summed E-state index contributed by atoms with van der Waals surface area (Å²) in [6.07, 6.45) is 2.06. The van der Waals surface area contributed by atoms with Crippen LogP contribution >= 0.6 is 23.1 Å². The minimum Gasteiger partial charge on any atom is -0.497 e. The number of methoxy groups -OCH3 is 1. The van der Waals surface area contributed by atoms with E-state index < -0.39 is 0 Å². The van der Waals surface area contributed by atoms with Gasteiger partial charge in [-0.15, -0.1) is 23.1 Å². The topological polar surface area (TPSA) is 65.4 Å². The Kier molecular flexibility index (Phi) is 8.05. The molecule has 7 heteroatoms. The Morgan fingerprint density at radius 1 is 1.21 bits per heavy atom. The van der Waals surface area contributed by atoms with Crippen LogP contribution in [0.2, 0.25) is 0 Å². The van der Waals surface area contributed by atoms with Crippen LogP contribution < -0.4 is 10.1 Å². The number of thiophene rings is 1. The highest BCUT2D eigenvalue weighted by atomic mass is 32.2. The summed E-state index contributed by atoms with van der Waals surface area (Å²) in [6.45, 7) is 2.63. The Bertz CT molecular complexity index is 1120. The van der Waals surface area contributed by atoms with Gasteiger partial charge in [-0.25, -0.2) is 0 Å². The Balaban J connectivity index is 1.29. The molecule has 33 heavy (non-hydrogen) atoms. The molecule has 0 bridgehead atoms. The number of nitrogens with zero attached hydrogens (tertiary/aromatic N) is 2. The molecule has 1 aliphatic heterocycles. The lowest BCUT2D eigenvalue weighted by atomic mass is 10.0. The zero-order valence-electron chi connectivity index (χ0n) is 18.7. The number of anilines is 1. The van der Waals surface area contributed by atoms with Crippen LogP contribution in [0, 0.1) is 11.3 Å². The summed E-state index contributed by atoms with van der Waals surface area (Å²) in [4.78, 5) is 17.3. The van der Waals surface area contributed by atoms with Crippen molar-refractivity contribution in [1.82, 2.24) is 4.90 Å². The number of thioether (sulfide) groups is 1. The number of nitriles is 1. The normalized spacial score (nSPS) is 13.2. The molecule has 2 heterocycles. The van der Waals surface area contributed by atoms with Gasteiger partial charge in [-0.05, 0) is 54.0 Å². The molecule has 0 atom stereocenters. The van der Waals surface area contributed by atoms with Gasteiger partial charge >= 0.3 is 0 Å². The predicted octanol–water partition coefficient (Wildman–Crippen LogP) is 5.70.